The van der Waals surface area contributed by atoms with Crippen LogP contribution in [-0.2, 0) is 14.8 Å². The van der Waals surface area contributed by atoms with Crippen LogP contribution in [0.5, 0.6) is 0 Å². The average molecular weight is 329 g/mol. The molecule has 0 aliphatic carbocycles. The summed E-state index contributed by atoms with van der Waals surface area (Å²) in [4.78, 5) is 4.37. The Balaban J connectivity index is 2.42. The van der Waals surface area contributed by atoms with Crippen LogP contribution in [0.15, 0.2) is 35.2 Å². The second-order valence-electron chi connectivity index (χ2n) is 4.81. The maximum atomic E-state index is 12.6. The number of ether oxygens (including phenoxy) is 1. The minimum Gasteiger partial charge on any atom is -0.383 e. The summed E-state index contributed by atoms with van der Waals surface area (Å²) in [6.45, 7) is 2.13. The molecule has 114 valence electrons. The Hall–Kier alpha value is -1.21. The molecular weight excluding hydrogens is 312 g/mol. The predicted octanol–water partition coefficient (Wildman–Crippen LogP) is 2.54. The van der Waals surface area contributed by atoms with Gasteiger partial charge < -0.3 is 4.74 Å². The predicted molar refractivity (Wildman–Crippen MR) is 83.0 cm³/mol. The number of rotatable bonds is 5. The number of aromatic nitrogens is 1. The Morgan fingerprint density at radius 2 is 2.05 bits per heavy atom. The zero-order chi connectivity index (χ0) is 15.6. The quantitative estimate of drug-likeness (QED) is 0.791. The Bertz CT molecular complexity index is 749. The van der Waals surface area contributed by atoms with E-state index in [4.69, 9.17) is 16.3 Å². The van der Waals surface area contributed by atoms with E-state index < -0.39 is 10.0 Å². The van der Waals surface area contributed by atoms with Crippen molar-refractivity contribution in [2.24, 2.45) is 0 Å². The zero-order valence-corrected chi connectivity index (χ0v) is 13.6. The minimum atomic E-state index is -3.57. The summed E-state index contributed by atoms with van der Waals surface area (Å²) in [6.07, 6.45) is 0. The van der Waals surface area contributed by atoms with E-state index in [0.29, 0.717) is 17.3 Å². The van der Waals surface area contributed by atoms with Gasteiger partial charge in [-0.15, -0.1) is 0 Å². The highest BCUT2D eigenvalue weighted by atomic mass is 35.5. The van der Waals surface area contributed by atoms with Crippen molar-refractivity contribution in [3.63, 3.8) is 0 Å². The van der Waals surface area contributed by atoms with Crippen molar-refractivity contribution in [3.05, 3.63) is 35.5 Å². The molecule has 0 amide bonds. The van der Waals surface area contributed by atoms with Crippen molar-refractivity contribution < 1.29 is 13.2 Å². The molecule has 1 aromatic carbocycles. The van der Waals surface area contributed by atoms with Gasteiger partial charge in [-0.3, -0.25) is 0 Å². The molecular formula is C14H17ClN2O3S. The largest absolute Gasteiger partial charge is 0.383 e. The molecule has 0 fully saturated rings. The summed E-state index contributed by atoms with van der Waals surface area (Å²) in [5, 5.41) is 1.11. The molecule has 0 N–H and O–H groups in total. The van der Waals surface area contributed by atoms with Gasteiger partial charge in [-0.1, -0.05) is 11.6 Å². The van der Waals surface area contributed by atoms with Crippen LogP contribution in [0.1, 0.15) is 6.92 Å². The molecule has 0 aliphatic rings. The van der Waals surface area contributed by atoms with E-state index in [-0.39, 0.29) is 10.9 Å². The standard InChI is InChI=1S/C14H17ClN2O3S/c1-10(9-20-3)17(2)21(18,19)12-5-6-13-11(8-12)4-7-14(15)16-13/h4-8,10H,9H2,1-3H3. The number of hydrogen-bond donors (Lipinski definition) is 0. The maximum absolute atomic E-state index is 12.6. The van der Waals surface area contributed by atoms with Crippen molar-refractivity contribution in [3.8, 4) is 0 Å². The molecule has 5 nitrogen and oxygen atoms in total. The molecule has 2 aromatic rings. The smallest absolute Gasteiger partial charge is 0.243 e. The Labute approximate surface area is 129 Å². The lowest BCUT2D eigenvalue weighted by Crippen LogP contribution is -2.37. The summed E-state index contributed by atoms with van der Waals surface area (Å²) in [6, 6.07) is 7.93. The van der Waals surface area contributed by atoms with Gasteiger partial charge >= 0.3 is 0 Å². The summed E-state index contributed by atoms with van der Waals surface area (Å²) < 4.78 is 31.5. The third kappa shape index (κ3) is 3.35. The lowest BCUT2D eigenvalue weighted by molar-refractivity contribution is 0.149. The molecule has 1 unspecified atom stereocenters. The van der Waals surface area contributed by atoms with Crippen LogP contribution in [0.2, 0.25) is 5.15 Å². The molecule has 1 aromatic heterocycles. The van der Waals surface area contributed by atoms with Crippen molar-refractivity contribution >= 4 is 32.5 Å². The Morgan fingerprint density at radius 3 is 2.71 bits per heavy atom. The van der Waals surface area contributed by atoms with Gasteiger partial charge in [-0.05, 0) is 37.3 Å². The molecule has 0 spiro atoms. The Morgan fingerprint density at radius 1 is 1.33 bits per heavy atom. The van der Waals surface area contributed by atoms with Gasteiger partial charge in [-0.25, -0.2) is 13.4 Å². The molecule has 7 heteroatoms. The number of methoxy groups -OCH3 is 1. The summed E-state index contributed by atoms with van der Waals surface area (Å²) in [5.41, 5.74) is 0.661. The van der Waals surface area contributed by atoms with Crippen molar-refractivity contribution in [2.75, 3.05) is 20.8 Å². The average Bonchev–Trinajstić information content (AvgIpc) is 2.45. The van der Waals surface area contributed by atoms with Crippen LogP contribution in [0, 0.1) is 0 Å². The van der Waals surface area contributed by atoms with E-state index in [0.717, 1.165) is 5.39 Å². The SMILES string of the molecule is COCC(C)N(C)S(=O)(=O)c1ccc2nc(Cl)ccc2c1. The molecule has 0 saturated heterocycles. The minimum absolute atomic E-state index is 0.226. The van der Waals surface area contributed by atoms with E-state index in [2.05, 4.69) is 4.98 Å². The van der Waals surface area contributed by atoms with E-state index in [1.807, 2.05) is 0 Å². The van der Waals surface area contributed by atoms with Gasteiger partial charge in [0, 0.05) is 25.6 Å². The molecule has 0 bridgehead atoms. The number of likely N-dealkylation sites (N-methyl/N-ethyl adjacent to an activating group) is 1. The van der Waals surface area contributed by atoms with Gasteiger partial charge in [0.15, 0.2) is 0 Å². The summed E-state index contributed by atoms with van der Waals surface area (Å²) in [5.74, 6) is 0. The van der Waals surface area contributed by atoms with Crippen LogP contribution >= 0.6 is 11.6 Å². The number of sulfonamides is 1. The first-order valence-corrected chi connectivity index (χ1v) is 8.21. The van der Waals surface area contributed by atoms with Crippen LogP contribution in [-0.4, -0.2) is 44.5 Å². The number of pyridine rings is 1. The first-order chi connectivity index (χ1) is 9.86. The summed E-state index contributed by atoms with van der Waals surface area (Å²) in [7, 11) is -0.480. The number of nitrogens with zero attached hydrogens (tertiary/aromatic N) is 2. The fraction of sp³-hybridized carbons (Fsp3) is 0.357. The lowest BCUT2D eigenvalue weighted by atomic mass is 10.2. The molecule has 2 rings (SSSR count). The molecule has 21 heavy (non-hydrogen) atoms. The number of hydrogen-bond acceptors (Lipinski definition) is 4. The normalized spacial score (nSPS) is 13.8. The van der Waals surface area contributed by atoms with Crippen LogP contribution < -0.4 is 0 Å². The fourth-order valence-corrected chi connectivity index (χ4v) is 3.53. The van der Waals surface area contributed by atoms with Gasteiger partial charge in [0.05, 0.1) is 17.0 Å². The van der Waals surface area contributed by atoms with E-state index in [1.165, 1.54) is 10.4 Å². The van der Waals surface area contributed by atoms with Crippen LogP contribution in [0.3, 0.4) is 0 Å². The second-order valence-corrected chi connectivity index (χ2v) is 7.20. The van der Waals surface area contributed by atoms with E-state index >= 15 is 0 Å². The number of benzene rings is 1. The van der Waals surface area contributed by atoms with Gasteiger partial charge in [0.2, 0.25) is 10.0 Å². The summed E-state index contributed by atoms with van der Waals surface area (Å²) >= 11 is 5.82. The monoisotopic (exact) mass is 328 g/mol. The topological polar surface area (TPSA) is 59.5 Å². The molecule has 0 aliphatic heterocycles. The highest BCUT2D eigenvalue weighted by Gasteiger charge is 2.25. The third-order valence-electron chi connectivity index (χ3n) is 3.33. The number of fused-ring (bicyclic) bond motifs is 1. The Kier molecular flexibility index (Phi) is 4.83. The molecule has 0 saturated carbocycles. The van der Waals surface area contributed by atoms with Gasteiger partial charge in [0.25, 0.3) is 0 Å². The highest BCUT2D eigenvalue weighted by Crippen LogP contribution is 2.22. The third-order valence-corrected chi connectivity index (χ3v) is 5.51. The van der Waals surface area contributed by atoms with Crippen molar-refractivity contribution in [2.45, 2.75) is 17.9 Å². The van der Waals surface area contributed by atoms with Gasteiger partial charge in [0.1, 0.15) is 5.15 Å². The first kappa shape index (κ1) is 16.2. The van der Waals surface area contributed by atoms with E-state index in [9.17, 15) is 8.42 Å². The lowest BCUT2D eigenvalue weighted by Gasteiger charge is -2.23. The van der Waals surface area contributed by atoms with Gasteiger partial charge in [-0.2, -0.15) is 4.31 Å². The number of halogens is 1. The first-order valence-electron chi connectivity index (χ1n) is 6.39. The van der Waals surface area contributed by atoms with Crippen molar-refractivity contribution in [1.29, 1.82) is 0 Å². The maximum Gasteiger partial charge on any atom is 0.243 e. The fourth-order valence-electron chi connectivity index (χ4n) is 1.99. The van der Waals surface area contributed by atoms with E-state index in [1.54, 1.807) is 45.3 Å². The van der Waals surface area contributed by atoms with Crippen LogP contribution in [0.25, 0.3) is 10.9 Å². The highest BCUT2D eigenvalue weighted by molar-refractivity contribution is 7.89. The molecule has 1 heterocycles. The second kappa shape index (κ2) is 6.27. The van der Waals surface area contributed by atoms with Crippen LogP contribution in [0.4, 0.5) is 0 Å². The molecule has 1 atom stereocenters. The van der Waals surface area contributed by atoms with Crippen molar-refractivity contribution in [1.82, 2.24) is 9.29 Å². The molecule has 0 radical (unpaired) electrons. The zero-order valence-electron chi connectivity index (χ0n) is 12.1.